The largest absolute Gasteiger partial charge is 0.356 e. The molecule has 0 saturated carbocycles. The topological polar surface area (TPSA) is 67.1 Å². The molecular weight excluding hydrogens is 312 g/mol. The summed E-state index contributed by atoms with van der Waals surface area (Å²) in [4.78, 5) is 4.35. The van der Waals surface area contributed by atoms with E-state index in [4.69, 9.17) is 0 Å². The highest BCUT2D eigenvalue weighted by molar-refractivity contribution is 5.79. The van der Waals surface area contributed by atoms with Crippen molar-refractivity contribution in [1.82, 2.24) is 25.4 Å². The first-order chi connectivity index (χ1) is 11.9. The number of hydrogen-bond acceptors (Lipinski definition) is 3. The molecule has 0 saturated heterocycles. The van der Waals surface area contributed by atoms with Crippen molar-refractivity contribution in [2.45, 2.75) is 85.2 Å². The van der Waals surface area contributed by atoms with Gasteiger partial charge in [-0.1, -0.05) is 27.2 Å². The van der Waals surface area contributed by atoms with Crippen LogP contribution in [0.25, 0.3) is 0 Å². The Morgan fingerprint density at radius 2 is 2.04 bits per heavy atom. The molecule has 2 N–H and O–H groups in total. The number of rotatable bonds is 6. The van der Waals surface area contributed by atoms with Gasteiger partial charge < -0.3 is 15.2 Å². The minimum atomic E-state index is 0.373. The molecule has 0 bridgehead atoms. The fourth-order valence-corrected chi connectivity index (χ4v) is 3.17. The predicted octanol–water partition coefficient (Wildman–Crippen LogP) is 2.93. The van der Waals surface area contributed by atoms with Crippen LogP contribution in [0.4, 0.5) is 0 Å². The van der Waals surface area contributed by atoms with Crippen molar-refractivity contribution in [3.63, 3.8) is 0 Å². The lowest BCUT2D eigenvalue weighted by Crippen LogP contribution is -2.43. The third kappa shape index (κ3) is 6.67. The molecule has 6 nitrogen and oxygen atoms in total. The smallest absolute Gasteiger partial charge is 0.191 e. The van der Waals surface area contributed by atoms with E-state index in [9.17, 15) is 0 Å². The first-order valence-corrected chi connectivity index (χ1v) is 9.77. The predicted molar refractivity (Wildman–Crippen MR) is 104 cm³/mol. The Labute approximate surface area is 152 Å². The van der Waals surface area contributed by atoms with Crippen LogP contribution in [0.1, 0.15) is 71.4 Å². The molecule has 1 aliphatic heterocycles. The third-order valence-corrected chi connectivity index (χ3v) is 4.76. The third-order valence-electron chi connectivity index (χ3n) is 4.76. The van der Waals surface area contributed by atoms with Crippen LogP contribution >= 0.6 is 0 Å². The van der Waals surface area contributed by atoms with E-state index in [1.165, 1.54) is 25.7 Å². The number of nitrogens with one attached hydrogen (secondary N) is 2. The summed E-state index contributed by atoms with van der Waals surface area (Å²) >= 11 is 0. The lowest BCUT2D eigenvalue weighted by Gasteiger charge is -2.23. The Balaban J connectivity index is 1.77. The summed E-state index contributed by atoms with van der Waals surface area (Å²) in [6.07, 6.45) is 8.05. The van der Waals surface area contributed by atoms with E-state index in [1.807, 2.05) is 7.05 Å². The van der Waals surface area contributed by atoms with Gasteiger partial charge >= 0.3 is 0 Å². The van der Waals surface area contributed by atoms with Gasteiger partial charge in [-0.15, -0.1) is 10.2 Å². The average Bonchev–Trinajstić information content (AvgIpc) is 2.78. The zero-order valence-electron chi connectivity index (χ0n) is 16.7. The lowest BCUT2D eigenvalue weighted by molar-refractivity contribution is 0.346. The summed E-state index contributed by atoms with van der Waals surface area (Å²) in [6.45, 7) is 11.0. The fraction of sp³-hybridized carbons (Fsp3) is 0.842. The van der Waals surface area contributed by atoms with Gasteiger partial charge in [0.15, 0.2) is 5.96 Å². The summed E-state index contributed by atoms with van der Waals surface area (Å²) in [5, 5.41) is 15.7. The van der Waals surface area contributed by atoms with Crippen molar-refractivity contribution in [2.75, 3.05) is 13.6 Å². The monoisotopic (exact) mass is 348 g/mol. The Bertz CT molecular complexity index is 555. The zero-order chi connectivity index (χ0) is 18.3. The van der Waals surface area contributed by atoms with Gasteiger partial charge in [0.2, 0.25) is 0 Å². The van der Waals surface area contributed by atoms with Crippen LogP contribution in [0.2, 0.25) is 0 Å². The second kappa shape index (κ2) is 9.20. The maximum atomic E-state index is 4.39. The number of fused-ring (bicyclic) bond motifs is 1. The molecule has 2 rings (SSSR count). The van der Waals surface area contributed by atoms with Crippen LogP contribution in [0.3, 0.4) is 0 Å². The molecule has 1 atom stereocenters. The van der Waals surface area contributed by atoms with Crippen LogP contribution in [0.5, 0.6) is 0 Å². The molecule has 0 amide bonds. The van der Waals surface area contributed by atoms with Crippen molar-refractivity contribution >= 4 is 5.96 Å². The molecule has 142 valence electrons. The number of hydrogen-bond donors (Lipinski definition) is 2. The van der Waals surface area contributed by atoms with Crippen molar-refractivity contribution in [3.8, 4) is 0 Å². The molecule has 25 heavy (non-hydrogen) atoms. The minimum Gasteiger partial charge on any atom is -0.356 e. The van der Waals surface area contributed by atoms with E-state index < -0.39 is 0 Å². The minimum absolute atomic E-state index is 0.373. The zero-order valence-corrected chi connectivity index (χ0v) is 16.7. The highest BCUT2D eigenvalue weighted by Crippen LogP contribution is 2.21. The Kier molecular flexibility index (Phi) is 7.26. The molecule has 0 fully saturated rings. The highest BCUT2D eigenvalue weighted by atomic mass is 15.3. The second-order valence-corrected chi connectivity index (χ2v) is 8.39. The lowest BCUT2D eigenvalue weighted by atomic mass is 9.89. The number of nitrogens with zero attached hydrogens (tertiary/aromatic N) is 4. The van der Waals surface area contributed by atoms with E-state index in [0.717, 1.165) is 50.0 Å². The van der Waals surface area contributed by atoms with Gasteiger partial charge in [-0.3, -0.25) is 4.99 Å². The van der Waals surface area contributed by atoms with Gasteiger partial charge in [-0.25, -0.2) is 0 Å². The van der Waals surface area contributed by atoms with Gasteiger partial charge in [0.25, 0.3) is 0 Å². The first kappa shape index (κ1) is 19.7. The number of aliphatic imine (C=N–C) groups is 1. The van der Waals surface area contributed by atoms with Gasteiger partial charge in [-0.05, 0) is 38.0 Å². The summed E-state index contributed by atoms with van der Waals surface area (Å²) < 4.78 is 2.32. The van der Waals surface area contributed by atoms with Gasteiger partial charge in [0, 0.05) is 39.0 Å². The number of aromatic nitrogens is 3. The van der Waals surface area contributed by atoms with E-state index in [2.05, 4.69) is 58.1 Å². The summed E-state index contributed by atoms with van der Waals surface area (Å²) in [5.41, 5.74) is 0.373. The molecule has 0 aromatic carbocycles. The highest BCUT2D eigenvalue weighted by Gasteiger charge is 2.15. The van der Waals surface area contributed by atoms with Crippen LogP contribution in [0, 0.1) is 5.41 Å². The molecule has 0 spiro atoms. The molecule has 1 aliphatic rings. The maximum absolute atomic E-state index is 4.39. The van der Waals surface area contributed by atoms with E-state index >= 15 is 0 Å². The van der Waals surface area contributed by atoms with Crippen molar-refractivity contribution in [2.24, 2.45) is 10.4 Å². The number of aryl methyl sites for hydroxylation is 1. The normalized spacial score (nSPS) is 16.9. The molecule has 1 aromatic heterocycles. The SMILES string of the molecule is CN=C(NCCc1nnc2n1CCCCC2)NC(C)CCC(C)(C)C. The van der Waals surface area contributed by atoms with E-state index in [0.29, 0.717) is 11.5 Å². The van der Waals surface area contributed by atoms with Crippen LogP contribution < -0.4 is 10.6 Å². The van der Waals surface area contributed by atoms with E-state index in [-0.39, 0.29) is 0 Å². The Morgan fingerprint density at radius 1 is 1.24 bits per heavy atom. The molecular formula is C19H36N6. The average molecular weight is 349 g/mol. The standard InChI is InChI=1S/C19H36N6/c1-15(10-12-19(2,3)4)22-18(20-5)21-13-11-17-24-23-16-9-7-6-8-14-25(16)17/h15H,6-14H2,1-5H3,(H2,20,21,22). The van der Waals surface area contributed by atoms with Crippen molar-refractivity contribution in [3.05, 3.63) is 11.6 Å². The van der Waals surface area contributed by atoms with Crippen LogP contribution in [-0.2, 0) is 19.4 Å². The number of guanidine groups is 1. The van der Waals surface area contributed by atoms with Crippen LogP contribution in [0.15, 0.2) is 4.99 Å². The maximum Gasteiger partial charge on any atom is 0.191 e. The van der Waals surface area contributed by atoms with Gasteiger partial charge in [0.1, 0.15) is 11.6 Å². The molecule has 2 heterocycles. The fourth-order valence-electron chi connectivity index (χ4n) is 3.17. The Morgan fingerprint density at radius 3 is 2.76 bits per heavy atom. The summed E-state index contributed by atoms with van der Waals surface area (Å²) in [6, 6.07) is 0.412. The quantitative estimate of drug-likeness (QED) is 0.613. The molecule has 6 heteroatoms. The second-order valence-electron chi connectivity index (χ2n) is 8.39. The van der Waals surface area contributed by atoms with Crippen LogP contribution in [-0.4, -0.2) is 40.4 Å². The molecule has 0 aliphatic carbocycles. The van der Waals surface area contributed by atoms with Gasteiger partial charge in [-0.2, -0.15) is 0 Å². The van der Waals surface area contributed by atoms with Crippen molar-refractivity contribution in [1.29, 1.82) is 0 Å². The first-order valence-electron chi connectivity index (χ1n) is 9.77. The van der Waals surface area contributed by atoms with Gasteiger partial charge in [0.05, 0.1) is 0 Å². The summed E-state index contributed by atoms with van der Waals surface area (Å²) in [5.74, 6) is 3.13. The molecule has 1 aromatic rings. The molecule has 0 radical (unpaired) electrons. The Hall–Kier alpha value is -1.59. The summed E-state index contributed by atoms with van der Waals surface area (Å²) in [7, 11) is 1.83. The molecule has 1 unspecified atom stereocenters. The van der Waals surface area contributed by atoms with E-state index in [1.54, 1.807) is 0 Å². The van der Waals surface area contributed by atoms with Crippen molar-refractivity contribution < 1.29 is 0 Å².